The van der Waals surface area contributed by atoms with Crippen molar-refractivity contribution in [1.29, 1.82) is 0 Å². The van der Waals surface area contributed by atoms with E-state index in [0.717, 1.165) is 16.6 Å². The van der Waals surface area contributed by atoms with Crippen molar-refractivity contribution < 1.29 is 4.42 Å². The first kappa shape index (κ1) is 31.8. The Morgan fingerprint density at radius 1 is 0.246 bits per heavy atom. The second-order valence-corrected chi connectivity index (χ2v) is 15.1. The molecular weight excluding hydrogens is 689 g/mol. The third-order valence-electron chi connectivity index (χ3n) is 12.1. The molecule has 0 aliphatic heterocycles. The molecule has 11 aromatic carbocycles. The van der Waals surface area contributed by atoms with Crippen molar-refractivity contribution in [3.63, 3.8) is 0 Å². The van der Waals surface area contributed by atoms with Gasteiger partial charge in [-0.3, -0.25) is 0 Å². The van der Waals surface area contributed by atoms with Crippen LogP contribution in [0.4, 0.5) is 0 Å². The first-order valence-corrected chi connectivity index (χ1v) is 19.7. The van der Waals surface area contributed by atoms with Gasteiger partial charge in [-0.2, -0.15) is 0 Å². The van der Waals surface area contributed by atoms with Gasteiger partial charge in [0.2, 0.25) is 0 Å². The molecular formula is C56H34O. The van der Waals surface area contributed by atoms with E-state index in [1.807, 2.05) is 0 Å². The zero-order chi connectivity index (χ0) is 37.5. The molecule has 1 nitrogen and oxygen atoms in total. The maximum absolute atomic E-state index is 6.56. The first-order valence-electron chi connectivity index (χ1n) is 19.7. The monoisotopic (exact) mass is 722 g/mol. The van der Waals surface area contributed by atoms with Crippen LogP contribution in [0.1, 0.15) is 0 Å². The van der Waals surface area contributed by atoms with Crippen molar-refractivity contribution >= 4 is 75.8 Å². The Bertz CT molecular complexity index is 3510. The van der Waals surface area contributed by atoms with Gasteiger partial charge in [0.05, 0.1) is 0 Å². The first-order chi connectivity index (χ1) is 28.3. The number of rotatable bonds is 4. The molecule has 0 spiro atoms. The summed E-state index contributed by atoms with van der Waals surface area (Å²) in [5, 5.41) is 14.8. The molecule has 0 saturated carbocycles. The lowest BCUT2D eigenvalue weighted by Crippen LogP contribution is -1.92. The highest BCUT2D eigenvalue weighted by Crippen LogP contribution is 2.48. The summed E-state index contributed by atoms with van der Waals surface area (Å²) in [5.41, 5.74) is 11.6. The molecule has 0 atom stereocenters. The number of furan rings is 1. The Hall–Kier alpha value is -7.48. The molecule has 0 saturated heterocycles. The van der Waals surface area contributed by atoms with Crippen LogP contribution in [0, 0.1) is 0 Å². The van der Waals surface area contributed by atoms with E-state index in [2.05, 4.69) is 206 Å². The molecule has 12 aromatic rings. The summed E-state index contributed by atoms with van der Waals surface area (Å²) in [6.07, 6.45) is 0. The number of hydrogen-bond donors (Lipinski definition) is 0. The minimum Gasteiger partial charge on any atom is -0.456 e. The van der Waals surface area contributed by atoms with E-state index < -0.39 is 0 Å². The van der Waals surface area contributed by atoms with E-state index >= 15 is 0 Å². The highest BCUT2D eigenvalue weighted by molar-refractivity contribution is 6.28. The summed E-state index contributed by atoms with van der Waals surface area (Å²) in [5.74, 6) is 0. The third kappa shape index (κ3) is 4.83. The Morgan fingerprint density at radius 2 is 0.754 bits per heavy atom. The number of hydrogen-bond acceptors (Lipinski definition) is 1. The Kier molecular flexibility index (Phi) is 7.00. The molecule has 0 aliphatic rings. The summed E-state index contributed by atoms with van der Waals surface area (Å²) in [4.78, 5) is 0. The van der Waals surface area contributed by atoms with Crippen LogP contribution in [-0.2, 0) is 0 Å². The van der Waals surface area contributed by atoms with Gasteiger partial charge in [-0.1, -0.05) is 188 Å². The quantitative estimate of drug-likeness (QED) is 0.130. The van der Waals surface area contributed by atoms with E-state index in [9.17, 15) is 0 Å². The fourth-order valence-corrected chi connectivity index (χ4v) is 9.59. The van der Waals surface area contributed by atoms with Crippen molar-refractivity contribution in [2.45, 2.75) is 0 Å². The largest absolute Gasteiger partial charge is 0.456 e. The average molecular weight is 723 g/mol. The molecule has 12 rings (SSSR count). The number of fused-ring (bicyclic) bond motifs is 10. The van der Waals surface area contributed by atoms with Crippen LogP contribution in [0.2, 0.25) is 0 Å². The lowest BCUT2D eigenvalue weighted by molar-refractivity contribution is 0.669. The van der Waals surface area contributed by atoms with Crippen molar-refractivity contribution in [1.82, 2.24) is 0 Å². The molecule has 0 aliphatic carbocycles. The lowest BCUT2D eigenvalue weighted by Gasteiger charge is -2.19. The van der Waals surface area contributed by atoms with Crippen molar-refractivity contribution in [2.24, 2.45) is 0 Å². The predicted molar refractivity (Wildman–Crippen MR) is 243 cm³/mol. The summed E-state index contributed by atoms with van der Waals surface area (Å²) in [7, 11) is 0. The van der Waals surface area contributed by atoms with Crippen molar-refractivity contribution in [3.8, 4) is 44.5 Å². The topological polar surface area (TPSA) is 13.1 Å². The zero-order valence-corrected chi connectivity index (χ0v) is 31.0. The minimum atomic E-state index is 0.906. The van der Waals surface area contributed by atoms with E-state index in [-0.39, 0.29) is 0 Å². The minimum absolute atomic E-state index is 0.906. The van der Waals surface area contributed by atoms with Crippen LogP contribution in [0.15, 0.2) is 211 Å². The zero-order valence-electron chi connectivity index (χ0n) is 31.0. The standard InChI is InChI=1S/C56H34O/c1-4-18-41-35(14-1)32-33-52-55(41)56-49(26-13-27-51(56)57-52)54-47-24-11-9-22-45(47)53(46-23-10-12-25-48(46)54)37-30-28-36(29-31-37)39-16-5-6-20-43(39)50-34-38-15-2-3-17-40(38)42-19-7-8-21-44(42)50/h1-34H. The molecule has 0 amide bonds. The van der Waals surface area contributed by atoms with E-state index in [0.29, 0.717) is 0 Å². The van der Waals surface area contributed by atoms with E-state index in [1.54, 1.807) is 0 Å². The van der Waals surface area contributed by atoms with Gasteiger partial charge in [0.1, 0.15) is 11.2 Å². The van der Waals surface area contributed by atoms with Gasteiger partial charge in [0, 0.05) is 10.8 Å². The van der Waals surface area contributed by atoms with Gasteiger partial charge >= 0.3 is 0 Å². The highest BCUT2D eigenvalue weighted by Gasteiger charge is 2.21. The van der Waals surface area contributed by atoms with Crippen LogP contribution in [-0.4, -0.2) is 0 Å². The lowest BCUT2D eigenvalue weighted by atomic mass is 9.84. The van der Waals surface area contributed by atoms with Gasteiger partial charge in [-0.15, -0.1) is 0 Å². The average Bonchev–Trinajstić information content (AvgIpc) is 3.68. The van der Waals surface area contributed by atoms with Gasteiger partial charge in [0.15, 0.2) is 0 Å². The summed E-state index contributed by atoms with van der Waals surface area (Å²) in [6, 6.07) is 75.2. The van der Waals surface area contributed by atoms with Crippen LogP contribution in [0.5, 0.6) is 0 Å². The fourth-order valence-electron chi connectivity index (χ4n) is 9.59. The Morgan fingerprint density at radius 3 is 1.47 bits per heavy atom. The molecule has 57 heavy (non-hydrogen) atoms. The molecule has 1 aromatic heterocycles. The molecule has 0 unspecified atom stereocenters. The van der Waals surface area contributed by atoms with Crippen LogP contribution in [0.25, 0.3) is 120 Å². The third-order valence-corrected chi connectivity index (χ3v) is 12.1. The van der Waals surface area contributed by atoms with Gasteiger partial charge < -0.3 is 4.42 Å². The molecule has 0 radical (unpaired) electrons. The highest BCUT2D eigenvalue weighted by atomic mass is 16.3. The smallest absolute Gasteiger partial charge is 0.136 e. The van der Waals surface area contributed by atoms with Gasteiger partial charge in [-0.25, -0.2) is 0 Å². The summed E-state index contributed by atoms with van der Waals surface area (Å²) in [6.45, 7) is 0. The summed E-state index contributed by atoms with van der Waals surface area (Å²) >= 11 is 0. The van der Waals surface area contributed by atoms with Crippen molar-refractivity contribution in [3.05, 3.63) is 206 Å². The SMILES string of the molecule is c1ccc(-c2cc3ccccc3c3ccccc23)c(-c2ccc(-c3c4ccccc4c(-c4cccc5oc6ccc7ccccc7c6c45)c4ccccc34)cc2)c1. The molecule has 1 heteroatoms. The van der Waals surface area contributed by atoms with E-state index in [4.69, 9.17) is 4.42 Å². The molecule has 264 valence electrons. The van der Waals surface area contributed by atoms with Crippen LogP contribution < -0.4 is 0 Å². The van der Waals surface area contributed by atoms with Gasteiger partial charge in [-0.05, 0) is 117 Å². The molecule has 0 bridgehead atoms. The van der Waals surface area contributed by atoms with Gasteiger partial charge in [0.25, 0.3) is 0 Å². The molecule has 0 N–H and O–H groups in total. The summed E-state index contributed by atoms with van der Waals surface area (Å²) < 4.78 is 6.56. The molecule has 0 fully saturated rings. The van der Waals surface area contributed by atoms with Crippen LogP contribution >= 0.6 is 0 Å². The fraction of sp³-hybridized carbons (Fsp3) is 0. The molecule has 1 heterocycles. The maximum Gasteiger partial charge on any atom is 0.136 e. The normalized spacial score (nSPS) is 11.9. The second-order valence-electron chi connectivity index (χ2n) is 15.1. The van der Waals surface area contributed by atoms with Crippen molar-refractivity contribution in [2.75, 3.05) is 0 Å². The van der Waals surface area contributed by atoms with E-state index in [1.165, 1.54) is 104 Å². The number of benzene rings is 11. The Labute approximate surface area is 329 Å². The predicted octanol–water partition coefficient (Wildman–Crippen LogP) is 16.0. The maximum atomic E-state index is 6.56. The van der Waals surface area contributed by atoms with Crippen LogP contribution in [0.3, 0.4) is 0 Å². The second kappa shape index (κ2) is 12.5. The Balaban J connectivity index is 1.06.